The lowest BCUT2D eigenvalue weighted by molar-refractivity contribution is -0.121. The summed E-state index contributed by atoms with van der Waals surface area (Å²) in [5, 5.41) is 7.77. The maximum atomic E-state index is 12.4. The molecule has 1 N–H and O–H groups in total. The molecule has 0 aliphatic carbocycles. The van der Waals surface area contributed by atoms with Gasteiger partial charge in [0.05, 0.1) is 5.69 Å². The predicted molar refractivity (Wildman–Crippen MR) is 101 cm³/mol. The summed E-state index contributed by atoms with van der Waals surface area (Å²) in [6.07, 6.45) is 7.93. The second kappa shape index (κ2) is 8.35. The van der Waals surface area contributed by atoms with Crippen LogP contribution in [0.15, 0.2) is 0 Å². The molecule has 1 amide bonds. The minimum Gasteiger partial charge on any atom is -0.356 e. The molecule has 3 heterocycles. The van der Waals surface area contributed by atoms with Gasteiger partial charge in [-0.25, -0.2) is 0 Å². The Morgan fingerprint density at radius 3 is 2.76 bits per heavy atom. The minimum absolute atomic E-state index is 0.191. The molecule has 0 radical (unpaired) electrons. The first-order chi connectivity index (χ1) is 12.1. The highest BCUT2D eigenvalue weighted by Crippen LogP contribution is 2.30. The zero-order valence-electron chi connectivity index (χ0n) is 16.2. The lowest BCUT2D eigenvalue weighted by Gasteiger charge is -2.44. The molecule has 0 bridgehead atoms. The Bertz CT molecular complexity index is 593. The van der Waals surface area contributed by atoms with Crippen molar-refractivity contribution in [1.29, 1.82) is 0 Å². The van der Waals surface area contributed by atoms with Crippen molar-refractivity contribution in [3.8, 4) is 0 Å². The van der Waals surface area contributed by atoms with E-state index in [1.54, 1.807) is 0 Å². The number of carbonyl (C=O) groups is 1. The van der Waals surface area contributed by atoms with Gasteiger partial charge in [-0.3, -0.25) is 9.48 Å². The number of nitrogens with zero attached hydrogens (tertiary/aromatic N) is 3. The first-order valence-electron chi connectivity index (χ1n) is 10.1. The molecular formula is C20H34N4O. The van der Waals surface area contributed by atoms with Crippen LogP contribution in [0.25, 0.3) is 0 Å². The van der Waals surface area contributed by atoms with Crippen molar-refractivity contribution in [2.45, 2.75) is 78.3 Å². The minimum atomic E-state index is 0.191. The topological polar surface area (TPSA) is 50.2 Å². The summed E-state index contributed by atoms with van der Waals surface area (Å²) in [5.74, 6) is 0.834. The Morgan fingerprint density at radius 1 is 1.20 bits per heavy atom. The third-order valence-corrected chi connectivity index (χ3v) is 6.22. The molecule has 5 nitrogen and oxygen atoms in total. The Morgan fingerprint density at radius 2 is 2.00 bits per heavy atom. The second-order valence-corrected chi connectivity index (χ2v) is 7.77. The van der Waals surface area contributed by atoms with Gasteiger partial charge in [-0.05, 0) is 77.4 Å². The standard InChI is InChI=1S/C20H34N4O/c1-4-24-16(3)18(15(2)22-24)10-11-20(25)21-14-17-8-7-13-23-12-6-5-9-19(17)23/h17,19H,4-14H2,1-3H3,(H,21,25)/t17-,19+/m0/s1. The summed E-state index contributed by atoms with van der Waals surface area (Å²) in [4.78, 5) is 15.0. The van der Waals surface area contributed by atoms with Crippen LogP contribution >= 0.6 is 0 Å². The molecule has 0 spiro atoms. The number of nitrogens with one attached hydrogen (secondary N) is 1. The van der Waals surface area contributed by atoms with Gasteiger partial charge >= 0.3 is 0 Å². The van der Waals surface area contributed by atoms with Crippen molar-refractivity contribution >= 4 is 5.91 Å². The molecular weight excluding hydrogens is 312 g/mol. The van der Waals surface area contributed by atoms with Crippen LogP contribution in [-0.4, -0.2) is 46.3 Å². The van der Waals surface area contributed by atoms with Gasteiger partial charge < -0.3 is 10.2 Å². The van der Waals surface area contributed by atoms with Crippen LogP contribution in [0, 0.1) is 19.8 Å². The normalized spacial score (nSPS) is 24.1. The number of hydrogen-bond donors (Lipinski definition) is 1. The molecule has 2 saturated heterocycles. The molecule has 1 aromatic heterocycles. The van der Waals surface area contributed by atoms with Crippen LogP contribution < -0.4 is 5.32 Å². The number of fused-ring (bicyclic) bond motifs is 1. The Kier molecular flexibility index (Phi) is 6.15. The van der Waals surface area contributed by atoms with Gasteiger partial charge in [0.15, 0.2) is 0 Å². The maximum absolute atomic E-state index is 12.4. The summed E-state index contributed by atoms with van der Waals surface area (Å²) < 4.78 is 2.03. The SMILES string of the molecule is CCn1nc(C)c(CCC(=O)NC[C@@H]2CCCN3CCCC[C@H]23)c1C. The van der Waals surface area contributed by atoms with E-state index in [1.165, 1.54) is 56.5 Å². The molecule has 2 atom stereocenters. The molecule has 2 fully saturated rings. The van der Waals surface area contributed by atoms with Crippen molar-refractivity contribution in [1.82, 2.24) is 20.0 Å². The van der Waals surface area contributed by atoms with Gasteiger partial charge in [-0.2, -0.15) is 5.10 Å². The molecule has 140 valence electrons. The van der Waals surface area contributed by atoms with Gasteiger partial charge in [0.1, 0.15) is 0 Å². The fourth-order valence-electron chi connectivity index (χ4n) is 4.79. The molecule has 1 aromatic rings. The number of aryl methyl sites for hydroxylation is 2. The number of hydrogen-bond acceptors (Lipinski definition) is 3. The van der Waals surface area contributed by atoms with Crippen LogP contribution in [-0.2, 0) is 17.8 Å². The molecule has 25 heavy (non-hydrogen) atoms. The average molecular weight is 347 g/mol. The van der Waals surface area contributed by atoms with Crippen molar-refractivity contribution in [2.24, 2.45) is 5.92 Å². The number of carbonyl (C=O) groups excluding carboxylic acids is 1. The zero-order chi connectivity index (χ0) is 17.8. The highest BCUT2D eigenvalue weighted by molar-refractivity contribution is 5.76. The van der Waals surface area contributed by atoms with E-state index in [2.05, 4.69) is 29.2 Å². The van der Waals surface area contributed by atoms with Crippen molar-refractivity contribution in [2.75, 3.05) is 19.6 Å². The summed E-state index contributed by atoms with van der Waals surface area (Å²) in [6.45, 7) is 10.5. The maximum Gasteiger partial charge on any atom is 0.220 e. The molecule has 2 aliphatic rings. The zero-order valence-corrected chi connectivity index (χ0v) is 16.2. The van der Waals surface area contributed by atoms with E-state index in [9.17, 15) is 4.79 Å². The highest BCUT2D eigenvalue weighted by atomic mass is 16.1. The van der Waals surface area contributed by atoms with Crippen LogP contribution in [0.2, 0.25) is 0 Å². The number of amides is 1. The van der Waals surface area contributed by atoms with Crippen LogP contribution in [0.4, 0.5) is 0 Å². The monoisotopic (exact) mass is 346 g/mol. The quantitative estimate of drug-likeness (QED) is 0.862. The smallest absolute Gasteiger partial charge is 0.220 e. The molecule has 0 aromatic carbocycles. The van der Waals surface area contributed by atoms with Gasteiger partial charge in [0, 0.05) is 31.2 Å². The van der Waals surface area contributed by atoms with Gasteiger partial charge in [0.25, 0.3) is 0 Å². The van der Waals surface area contributed by atoms with Crippen molar-refractivity contribution < 1.29 is 4.79 Å². The molecule has 3 rings (SSSR count). The third-order valence-electron chi connectivity index (χ3n) is 6.22. The van der Waals surface area contributed by atoms with E-state index in [-0.39, 0.29) is 5.91 Å². The van der Waals surface area contributed by atoms with E-state index in [4.69, 9.17) is 0 Å². The Balaban J connectivity index is 1.47. The van der Waals surface area contributed by atoms with E-state index in [0.717, 1.165) is 25.2 Å². The number of rotatable bonds is 6. The summed E-state index contributed by atoms with van der Waals surface area (Å²) in [5.41, 5.74) is 3.52. The Labute approximate surface area is 152 Å². The van der Waals surface area contributed by atoms with Crippen LogP contribution in [0.5, 0.6) is 0 Å². The summed E-state index contributed by atoms with van der Waals surface area (Å²) in [6, 6.07) is 0.704. The van der Waals surface area contributed by atoms with Gasteiger partial charge in [-0.15, -0.1) is 0 Å². The first-order valence-corrected chi connectivity index (χ1v) is 10.1. The molecule has 0 unspecified atom stereocenters. The summed E-state index contributed by atoms with van der Waals surface area (Å²) in [7, 11) is 0. The average Bonchev–Trinajstić information content (AvgIpc) is 2.91. The Hall–Kier alpha value is -1.36. The largest absolute Gasteiger partial charge is 0.356 e. The second-order valence-electron chi connectivity index (χ2n) is 7.77. The van der Waals surface area contributed by atoms with Gasteiger partial charge in [0.2, 0.25) is 5.91 Å². The molecule has 0 saturated carbocycles. The lowest BCUT2D eigenvalue weighted by atomic mass is 9.83. The third kappa shape index (κ3) is 4.25. The van der Waals surface area contributed by atoms with E-state index < -0.39 is 0 Å². The first kappa shape index (κ1) is 18.4. The summed E-state index contributed by atoms with van der Waals surface area (Å²) >= 11 is 0. The van der Waals surface area contributed by atoms with E-state index >= 15 is 0 Å². The van der Waals surface area contributed by atoms with E-state index in [1.807, 2.05) is 11.6 Å². The van der Waals surface area contributed by atoms with E-state index in [0.29, 0.717) is 18.4 Å². The van der Waals surface area contributed by atoms with Crippen molar-refractivity contribution in [3.05, 3.63) is 17.0 Å². The fraction of sp³-hybridized carbons (Fsp3) is 0.800. The van der Waals surface area contributed by atoms with Crippen LogP contribution in [0.1, 0.15) is 62.4 Å². The number of piperidine rings is 2. The van der Waals surface area contributed by atoms with Crippen molar-refractivity contribution in [3.63, 3.8) is 0 Å². The van der Waals surface area contributed by atoms with Crippen LogP contribution in [0.3, 0.4) is 0 Å². The number of aromatic nitrogens is 2. The molecule has 5 heteroatoms. The van der Waals surface area contributed by atoms with Gasteiger partial charge in [-0.1, -0.05) is 6.42 Å². The fourth-order valence-corrected chi connectivity index (χ4v) is 4.79. The molecule has 2 aliphatic heterocycles. The lowest BCUT2D eigenvalue weighted by Crippen LogP contribution is -2.51. The highest BCUT2D eigenvalue weighted by Gasteiger charge is 2.32. The predicted octanol–water partition coefficient (Wildman–Crippen LogP) is 2.83.